The number of esters is 3. The van der Waals surface area contributed by atoms with Gasteiger partial charge in [-0.05, 0) is 148 Å². The summed E-state index contributed by atoms with van der Waals surface area (Å²) < 4.78 is 60.9. The highest BCUT2D eigenvalue weighted by molar-refractivity contribution is 7.47. The lowest BCUT2D eigenvalue weighted by Gasteiger charge is -2.21. The van der Waals surface area contributed by atoms with Gasteiger partial charge in [0.1, 0.15) is 25.4 Å². The molecule has 0 fully saturated rings. The molecule has 95 heavy (non-hydrogen) atoms. The van der Waals surface area contributed by atoms with Crippen LogP contribution in [0.2, 0.25) is 0 Å². The van der Waals surface area contributed by atoms with E-state index in [1.54, 1.807) is 0 Å². The van der Waals surface area contributed by atoms with Gasteiger partial charge in [0.15, 0.2) is 6.10 Å². The van der Waals surface area contributed by atoms with Crippen LogP contribution in [0.25, 0.3) is 0 Å². The Morgan fingerprint density at radius 1 is 0.305 bits per heavy atom. The highest BCUT2D eigenvalue weighted by atomic mass is 31.2. The monoisotopic (exact) mass is 1370 g/mol. The van der Waals surface area contributed by atoms with Crippen LogP contribution in [0.5, 0.6) is 0 Å². The van der Waals surface area contributed by atoms with Crippen LogP contribution in [0.1, 0.15) is 265 Å². The Bertz CT molecular complexity index is 2310. The first kappa shape index (κ1) is 90.4. The molecule has 0 aromatic carbocycles. The summed E-state index contributed by atoms with van der Waals surface area (Å²) in [7, 11) is -9.81. The second-order valence-corrected chi connectivity index (χ2v) is 26.6. The number of carbonyl (C=O) groups excluding carboxylic acids is 3. The number of hydrogen-bond acceptors (Lipinski definition) is 14. The molecule has 0 amide bonds. The summed E-state index contributed by atoms with van der Waals surface area (Å²) in [6.07, 6.45) is 83.1. The summed E-state index contributed by atoms with van der Waals surface area (Å²) in [5, 5.41) is 20.6. The summed E-state index contributed by atoms with van der Waals surface area (Å²) in [5.41, 5.74) is 0. The number of phosphoric acid groups is 2. The molecule has 5 atom stereocenters. The third-order valence-corrected chi connectivity index (χ3v) is 16.4. The average Bonchev–Trinajstić information content (AvgIpc) is 1.93. The summed E-state index contributed by atoms with van der Waals surface area (Å²) in [6.45, 7) is 2.42. The van der Waals surface area contributed by atoms with Gasteiger partial charge in [0, 0.05) is 19.3 Å². The zero-order valence-electron chi connectivity index (χ0n) is 58.8. The molecule has 0 rings (SSSR count). The number of aliphatic hydroxyl groups is 2. The van der Waals surface area contributed by atoms with Crippen LogP contribution in [-0.4, -0.2) is 95.9 Å². The molecule has 542 valence electrons. The summed E-state index contributed by atoms with van der Waals surface area (Å²) in [5.74, 6) is -1.64. The van der Waals surface area contributed by atoms with Gasteiger partial charge in [-0.2, -0.15) is 0 Å². The number of phosphoric ester groups is 2. The number of rotatable bonds is 67. The van der Waals surface area contributed by atoms with Crippen molar-refractivity contribution in [3.63, 3.8) is 0 Å². The maximum atomic E-state index is 12.9. The molecule has 4 N–H and O–H groups in total. The smallest absolute Gasteiger partial charge is 0.463 e. The molecular formula is C77H128O16P2. The average molecular weight is 1370 g/mol. The molecule has 0 bridgehead atoms. The van der Waals surface area contributed by atoms with Crippen LogP contribution >= 0.6 is 15.6 Å². The molecule has 5 unspecified atom stereocenters. The number of aliphatic hydroxyl groups excluding tert-OH is 2. The second kappa shape index (κ2) is 69.3. The first-order valence-corrected chi connectivity index (χ1v) is 39.1. The van der Waals surface area contributed by atoms with Crippen molar-refractivity contribution in [1.29, 1.82) is 0 Å². The fourth-order valence-corrected chi connectivity index (χ4v) is 10.6. The Morgan fingerprint density at radius 3 is 0.884 bits per heavy atom. The van der Waals surface area contributed by atoms with Crippen LogP contribution in [0.15, 0.2) is 146 Å². The van der Waals surface area contributed by atoms with E-state index in [1.807, 2.05) is 0 Å². The lowest BCUT2D eigenvalue weighted by molar-refractivity contribution is -0.161. The van der Waals surface area contributed by atoms with Gasteiger partial charge in [-0.25, -0.2) is 9.13 Å². The van der Waals surface area contributed by atoms with Gasteiger partial charge < -0.3 is 34.2 Å². The van der Waals surface area contributed by atoms with Crippen molar-refractivity contribution < 1.29 is 75.8 Å². The van der Waals surface area contributed by atoms with Crippen molar-refractivity contribution in [2.75, 3.05) is 39.6 Å². The molecule has 0 radical (unpaired) electrons. The lowest BCUT2D eigenvalue weighted by Crippen LogP contribution is -2.30. The molecule has 16 nitrogen and oxygen atoms in total. The minimum absolute atomic E-state index is 0.0792. The van der Waals surface area contributed by atoms with Crippen molar-refractivity contribution in [3.8, 4) is 0 Å². The Balaban J connectivity index is 4.71. The van der Waals surface area contributed by atoms with Crippen molar-refractivity contribution in [3.05, 3.63) is 146 Å². The number of allylic oxidation sites excluding steroid dienone is 24. The highest BCUT2D eigenvalue weighted by Gasteiger charge is 2.29. The third-order valence-electron chi connectivity index (χ3n) is 14.5. The minimum Gasteiger partial charge on any atom is -0.463 e. The zero-order chi connectivity index (χ0) is 69.5. The van der Waals surface area contributed by atoms with E-state index in [0.29, 0.717) is 19.3 Å². The van der Waals surface area contributed by atoms with E-state index in [1.165, 1.54) is 44.9 Å². The Morgan fingerprint density at radius 2 is 0.558 bits per heavy atom. The SMILES string of the molecule is CC/C=C\C/C=C\C/C=C\C/C=C\C/C=C\C/C=C\CCCCCCC(=O)OCC(O)COP(=O)(O)OCC(O)COP(=O)(O)OCC(COC(=O)CCCCCCC/C=C\C/C=C\C/C=C\C/C=C\CCCCC)OC(=O)CCCCCCC/C=C\C/C=C\CCCCC. The van der Waals surface area contributed by atoms with Gasteiger partial charge in [-0.15, -0.1) is 0 Å². The van der Waals surface area contributed by atoms with Crippen molar-refractivity contribution in [2.24, 2.45) is 0 Å². The lowest BCUT2D eigenvalue weighted by atomic mass is 10.1. The van der Waals surface area contributed by atoms with Gasteiger partial charge in [0.2, 0.25) is 0 Å². The predicted octanol–water partition coefficient (Wildman–Crippen LogP) is 20.5. The summed E-state index contributed by atoms with van der Waals surface area (Å²) in [4.78, 5) is 58.5. The number of ether oxygens (including phenoxy) is 3. The van der Waals surface area contributed by atoms with E-state index >= 15 is 0 Å². The van der Waals surface area contributed by atoms with Gasteiger partial charge >= 0.3 is 33.6 Å². The Kier molecular flexibility index (Phi) is 66.0. The Hall–Kier alpha value is -4.57. The van der Waals surface area contributed by atoms with E-state index in [9.17, 15) is 43.5 Å². The summed E-state index contributed by atoms with van der Waals surface area (Å²) in [6, 6.07) is 0. The fraction of sp³-hybridized carbons (Fsp3) is 0.649. The first-order valence-electron chi connectivity index (χ1n) is 36.1. The van der Waals surface area contributed by atoms with Crippen LogP contribution in [-0.2, 0) is 55.8 Å². The third kappa shape index (κ3) is 70.6. The molecule has 0 aliphatic carbocycles. The molecule has 0 aliphatic rings. The van der Waals surface area contributed by atoms with Gasteiger partial charge in [-0.1, -0.05) is 244 Å². The molecule has 0 aromatic heterocycles. The topological polar surface area (TPSA) is 231 Å². The molecular weight excluding hydrogens is 1240 g/mol. The maximum absolute atomic E-state index is 12.9. The maximum Gasteiger partial charge on any atom is 0.472 e. The number of unbranched alkanes of at least 4 members (excludes halogenated alkanes) is 20. The fourth-order valence-electron chi connectivity index (χ4n) is 9.00. The highest BCUT2D eigenvalue weighted by Crippen LogP contribution is 2.45. The quantitative estimate of drug-likeness (QED) is 0.0146. The normalized spacial score (nSPS) is 15.0. The molecule has 0 aliphatic heterocycles. The molecule has 0 aromatic rings. The van der Waals surface area contributed by atoms with E-state index in [-0.39, 0.29) is 19.3 Å². The van der Waals surface area contributed by atoms with Gasteiger partial charge in [0.05, 0.1) is 26.4 Å². The van der Waals surface area contributed by atoms with Crippen LogP contribution in [0.3, 0.4) is 0 Å². The van der Waals surface area contributed by atoms with E-state index in [2.05, 4.69) is 167 Å². The van der Waals surface area contributed by atoms with Gasteiger partial charge in [-0.3, -0.25) is 32.5 Å². The molecule has 0 spiro atoms. The van der Waals surface area contributed by atoms with Crippen LogP contribution in [0, 0.1) is 0 Å². The first-order chi connectivity index (χ1) is 46.2. The van der Waals surface area contributed by atoms with E-state index < -0.39 is 91.5 Å². The second-order valence-electron chi connectivity index (χ2n) is 23.6. The van der Waals surface area contributed by atoms with E-state index in [0.717, 1.165) is 161 Å². The standard InChI is InChI=1S/C77H128O16P2/c1-4-7-10-13-16-19-22-25-28-30-32-34-35-37-39-40-43-45-48-51-54-57-60-63-75(80)87-66-72(78)67-89-94(83,84)90-68-73(79)69-91-95(85,86)92-71-74(93-77(82)65-62-59-56-53-50-47-42-27-24-21-18-15-12-9-6-3)70-88-76(81)64-61-58-55-52-49-46-44-41-38-36-33-31-29-26-23-20-17-14-11-8-5-2/h7,10,16-21,25-29,32-34,36-37,39,41-45,72-74,78-79H,4-6,8-9,11-15,22-24,30-31,35,38,40,46-71H2,1-3H3,(H,83,84)(H,85,86)/b10-7-,19-16-,20-17-,21-18-,28-25-,29-26-,34-32-,36-33-,39-37-,42-27-,44-41-,45-43-. The number of hydrogen-bond donors (Lipinski definition) is 4. The van der Waals surface area contributed by atoms with Crippen molar-refractivity contribution >= 4 is 33.6 Å². The van der Waals surface area contributed by atoms with Gasteiger partial charge in [0.25, 0.3) is 0 Å². The molecule has 0 heterocycles. The van der Waals surface area contributed by atoms with E-state index in [4.69, 9.17) is 32.3 Å². The molecule has 0 saturated carbocycles. The van der Waals surface area contributed by atoms with Crippen molar-refractivity contribution in [1.82, 2.24) is 0 Å². The largest absolute Gasteiger partial charge is 0.472 e. The zero-order valence-corrected chi connectivity index (χ0v) is 60.6. The predicted molar refractivity (Wildman–Crippen MR) is 389 cm³/mol. The Labute approximate surface area is 575 Å². The summed E-state index contributed by atoms with van der Waals surface area (Å²) >= 11 is 0. The number of carbonyl (C=O) groups is 3. The van der Waals surface area contributed by atoms with Crippen LogP contribution < -0.4 is 0 Å². The minimum atomic E-state index is -4.94. The van der Waals surface area contributed by atoms with Crippen LogP contribution in [0.4, 0.5) is 0 Å². The molecule has 0 saturated heterocycles. The molecule has 18 heteroatoms. The van der Waals surface area contributed by atoms with Crippen molar-refractivity contribution in [2.45, 2.75) is 283 Å².